The maximum Gasteiger partial charge on any atom is 0.255 e. The van der Waals surface area contributed by atoms with Crippen molar-refractivity contribution in [1.82, 2.24) is 4.98 Å². The number of hydrogen-bond acceptors (Lipinski definition) is 3. The Hall–Kier alpha value is -1.56. The first-order chi connectivity index (χ1) is 9.70. The topological polar surface area (TPSA) is 47.8 Å². The summed E-state index contributed by atoms with van der Waals surface area (Å²) in [5.74, 6) is 0.476. The molecule has 0 spiro atoms. The number of hydrogen-bond donors (Lipinski definition) is 1. The smallest absolute Gasteiger partial charge is 0.255 e. The fourth-order valence-electron chi connectivity index (χ4n) is 1.80. The molecule has 3 nitrogen and oxygen atoms in total. The molecule has 21 heavy (non-hydrogen) atoms. The van der Waals surface area contributed by atoms with Crippen molar-refractivity contribution in [2.45, 2.75) is 0 Å². The van der Waals surface area contributed by atoms with Gasteiger partial charge in [-0.15, -0.1) is 11.3 Å². The molecule has 3 N–H and O–H groups in total. The Morgan fingerprint density at radius 3 is 2.57 bits per heavy atom. The van der Waals surface area contributed by atoms with Crippen molar-refractivity contribution in [1.29, 1.82) is 0 Å². The first-order valence-corrected chi connectivity index (χ1v) is 7.27. The standard InChI is InChI=1S/C15H11ClN2OS.BrH/c16-11-6-4-10(5-7-11)14-9-20-15(18-14)17-12-2-1-3-13(19)8-12;/h1-9,19H,(H,17,18);1H. The average Bonchev–Trinajstić information content (AvgIpc) is 2.88. The summed E-state index contributed by atoms with van der Waals surface area (Å²) in [7, 11) is 0. The molecule has 0 bridgehead atoms. The number of nitrogens with zero attached hydrogens (tertiary/aromatic N) is 1. The van der Waals surface area contributed by atoms with E-state index in [2.05, 4.69) is 10.3 Å². The van der Waals surface area contributed by atoms with Gasteiger partial charge in [0.1, 0.15) is 0 Å². The number of halogens is 2. The molecule has 0 amide bonds. The highest BCUT2D eigenvalue weighted by atomic mass is 79.9. The predicted molar refractivity (Wildman–Crippen MR) is 85.3 cm³/mol. The first-order valence-electron chi connectivity index (χ1n) is 6.01. The van der Waals surface area contributed by atoms with Crippen molar-refractivity contribution in [3.05, 3.63) is 58.9 Å². The molecule has 0 aliphatic heterocycles. The van der Waals surface area contributed by atoms with Crippen molar-refractivity contribution >= 4 is 33.8 Å². The summed E-state index contributed by atoms with van der Waals surface area (Å²) >= 11 is 7.41. The van der Waals surface area contributed by atoms with E-state index in [1.54, 1.807) is 12.1 Å². The van der Waals surface area contributed by atoms with Crippen LogP contribution >= 0.6 is 22.9 Å². The second-order valence-corrected chi connectivity index (χ2v) is 5.55. The van der Waals surface area contributed by atoms with Gasteiger partial charge < -0.3 is 27.4 Å². The third kappa shape index (κ3) is 3.97. The lowest BCUT2D eigenvalue weighted by Crippen LogP contribution is -3.00. The van der Waals surface area contributed by atoms with Crippen LogP contribution in [0.4, 0.5) is 10.8 Å². The van der Waals surface area contributed by atoms with Gasteiger partial charge in [-0.3, -0.25) is 0 Å². The monoisotopic (exact) mass is 382 g/mol. The molecule has 0 aliphatic rings. The minimum atomic E-state index is 0. The molecular weight excluding hydrogens is 372 g/mol. The van der Waals surface area contributed by atoms with E-state index < -0.39 is 0 Å². The summed E-state index contributed by atoms with van der Waals surface area (Å²) < 4.78 is 0. The molecule has 0 saturated carbocycles. The Morgan fingerprint density at radius 2 is 1.86 bits per heavy atom. The van der Waals surface area contributed by atoms with Gasteiger partial charge in [0, 0.05) is 27.7 Å². The molecule has 0 saturated heterocycles. The van der Waals surface area contributed by atoms with Crippen LogP contribution in [0, 0.1) is 0 Å². The average molecular weight is 384 g/mol. The first kappa shape index (κ1) is 15.8. The van der Waals surface area contributed by atoms with Gasteiger partial charge in [-0.05, 0) is 18.2 Å². The number of anilines is 2. The van der Waals surface area contributed by atoms with E-state index in [9.17, 15) is 0 Å². The van der Waals surface area contributed by atoms with Crippen LogP contribution < -0.4 is 22.3 Å². The molecule has 0 radical (unpaired) electrons. The number of benzene rings is 2. The Kier molecular flexibility index (Phi) is 5.22. The van der Waals surface area contributed by atoms with E-state index in [0.717, 1.165) is 27.1 Å². The third-order valence-electron chi connectivity index (χ3n) is 2.76. The number of rotatable bonds is 3. The molecule has 3 aromatic rings. The van der Waals surface area contributed by atoms with Crippen LogP contribution in [0.3, 0.4) is 0 Å². The lowest BCUT2D eigenvalue weighted by molar-refractivity contribution is -0.00000489. The maximum atomic E-state index is 7.59. The highest BCUT2D eigenvalue weighted by molar-refractivity contribution is 7.14. The molecule has 108 valence electrons. The van der Waals surface area contributed by atoms with E-state index in [1.165, 1.54) is 11.3 Å². The Morgan fingerprint density at radius 1 is 1.10 bits per heavy atom. The van der Waals surface area contributed by atoms with E-state index in [4.69, 9.17) is 16.7 Å². The number of nitrogens with one attached hydrogen (secondary N) is 1. The SMILES string of the molecule is [Br-].[OH2+]c1cccc(Nc2nc(-c3ccc(Cl)cc3)cs2)c1. The molecule has 0 aliphatic carbocycles. The second kappa shape index (κ2) is 6.93. The fraction of sp³-hybridized carbons (Fsp3) is 0. The van der Waals surface area contributed by atoms with Crippen molar-refractivity contribution < 1.29 is 22.1 Å². The molecule has 0 fully saturated rings. The van der Waals surface area contributed by atoms with Crippen molar-refractivity contribution in [2.75, 3.05) is 5.32 Å². The summed E-state index contributed by atoms with van der Waals surface area (Å²) in [4.78, 5) is 4.54. The molecular formula is C15H12BrClN2OS. The van der Waals surface area contributed by atoms with Crippen LogP contribution in [-0.4, -0.2) is 10.1 Å². The van der Waals surface area contributed by atoms with Gasteiger partial charge in [-0.25, -0.2) is 4.98 Å². The molecule has 0 unspecified atom stereocenters. The van der Waals surface area contributed by atoms with Crippen molar-refractivity contribution in [3.8, 4) is 17.0 Å². The summed E-state index contributed by atoms with van der Waals surface area (Å²) in [5, 5.41) is 14.3. The summed E-state index contributed by atoms with van der Waals surface area (Å²) in [5.41, 5.74) is 2.82. The molecule has 6 heteroatoms. The molecule has 1 heterocycles. The van der Waals surface area contributed by atoms with Gasteiger partial charge in [-0.1, -0.05) is 29.8 Å². The highest BCUT2D eigenvalue weighted by Gasteiger charge is 2.05. The summed E-state index contributed by atoms with van der Waals surface area (Å²) in [6.07, 6.45) is 0. The minimum Gasteiger partial charge on any atom is -1.00 e. The normalized spacial score (nSPS) is 9.95. The van der Waals surface area contributed by atoms with Gasteiger partial charge in [0.05, 0.1) is 11.8 Å². The maximum absolute atomic E-state index is 7.59. The fourth-order valence-corrected chi connectivity index (χ4v) is 2.67. The van der Waals surface area contributed by atoms with Crippen LogP contribution in [-0.2, 0) is 0 Å². The van der Waals surface area contributed by atoms with Gasteiger partial charge in [0.25, 0.3) is 5.75 Å². The van der Waals surface area contributed by atoms with Crippen molar-refractivity contribution in [3.63, 3.8) is 0 Å². The van der Waals surface area contributed by atoms with Crippen LogP contribution in [0.2, 0.25) is 5.02 Å². The summed E-state index contributed by atoms with van der Waals surface area (Å²) in [6, 6.07) is 14.9. The van der Waals surface area contributed by atoms with Gasteiger partial charge in [-0.2, -0.15) is 0 Å². The minimum absolute atomic E-state index is 0. The lowest BCUT2D eigenvalue weighted by atomic mass is 10.2. The zero-order valence-corrected chi connectivity index (χ0v) is 14.0. The second-order valence-electron chi connectivity index (χ2n) is 4.25. The third-order valence-corrected chi connectivity index (χ3v) is 3.77. The molecule has 3 rings (SSSR count). The Bertz CT molecular complexity index is 731. The Balaban J connectivity index is 0.00000161. The van der Waals surface area contributed by atoms with E-state index >= 15 is 0 Å². The van der Waals surface area contributed by atoms with E-state index in [1.807, 2.05) is 41.8 Å². The van der Waals surface area contributed by atoms with Gasteiger partial charge in [0.15, 0.2) is 5.13 Å². The zero-order chi connectivity index (χ0) is 13.9. The molecule has 2 aromatic carbocycles. The van der Waals surface area contributed by atoms with Gasteiger partial charge >= 0.3 is 0 Å². The highest BCUT2D eigenvalue weighted by Crippen LogP contribution is 2.28. The van der Waals surface area contributed by atoms with Crippen LogP contribution in [0.5, 0.6) is 5.75 Å². The number of aromatic nitrogens is 1. The van der Waals surface area contributed by atoms with Gasteiger partial charge in [0.2, 0.25) is 0 Å². The van der Waals surface area contributed by atoms with Crippen molar-refractivity contribution in [2.24, 2.45) is 0 Å². The zero-order valence-electron chi connectivity index (χ0n) is 10.8. The predicted octanol–water partition coefficient (Wildman–Crippen LogP) is 1.65. The molecule has 0 atom stereocenters. The van der Waals surface area contributed by atoms with Crippen LogP contribution in [0.25, 0.3) is 11.3 Å². The summed E-state index contributed by atoms with van der Waals surface area (Å²) in [6.45, 7) is 0. The van der Waals surface area contributed by atoms with E-state index in [-0.39, 0.29) is 17.0 Å². The number of thiazole rings is 1. The lowest BCUT2D eigenvalue weighted by Gasteiger charge is -2.01. The van der Waals surface area contributed by atoms with E-state index in [0.29, 0.717) is 5.75 Å². The molecule has 1 aromatic heterocycles. The quantitative estimate of drug-likeness (QED) is 0.699. The Labute approximate surface area is 142 Å². The largest absolute Gasteiger partial charge is 1.00 e. The van der Waals surface area contributed by atoms with Crippen LogP contribution in [0.15, 0.2) is 53.9 Å². The van der Waals surface area contributed by atoms with Crippen LogP contribution in [0.1, 0.15) is 0 Å².